The first kappa shape index (κ1) is 13.4. The molecule has 1 rings (SSSR count). The van der Waals surface area contributed by atoms with E-state index in [9.17, 15) is 4.39 Å². The van der Waals surface area contributed by atoms with Gasteiger partial charge in [0.05, 0.1) is 12.1 Å². The molecule has 1 aromatic carbocycles. The molecule has 0 heterocycles. The first-order valence-corrected chi connectivity index (χ1v) is 5.71. The van der Waals surface area contributed by atoms with Gasteiger partial charge in [-0.15, -0.1) is 0 Å². The Hall–Kier alpha value is -0.640. The van der Waals surface area contributed by atoms with Gasteiger partial charge >= 0.3 is 0 Å². The van der Waals surface area contributed by atoms with E-state index in [1.165, 1.54) is 6.07 Å². The summed E-state index contributed by atoms with van der Waals surface area (Å²) in [6, 6.07) is 4.52. The quantitative estimate of drug-likeness (QED) is 0.861. The van der Waals surface area contributed by atoms with Crippen molar-refractivity contribution in [3.63, 3.8) is 0 Å². The molecule has 1 N–H and O–H groups in total. The third-order valence-electron chi connectivity index (χ3n) is 2.51. The lowest BCUT2D eigenvalue weighted by Gasteiger charge is -2.24. The summed E-state index contributed by atoms with van der Waals surface area (Å²) in [6.45, 7) is 4.44. The normalized spacial score (nSPS) is 14.8. The molecule has 2 atom stereocenters. The van der Waals surface area contributed by atoms with Crippen molar-refractivity contribution in [2.75, 3.05) is 13.7 Å². The molecule has 0 radical (unpaired) electrons. The van der Waals surface area contributed by atoms with Crippen molar-refractivity contribution in [2.45, 2.75) is 26.0 Å². The summed E-state index contributed by atoms with van der Waals surface area (Å²) >= 11 is 5.71. The predicted molar refractivity (Wildman–Crippen MR) is 64.3 cm³/mol. The number of ether oxygens (including phenoxy) is 1. The van der Waals surface area contributed by atoms with Crippen LogP contribution in [0.4, 0.5) is 4.39 Å². The van der Waals surface area contributed by atoms with E-state index in [1.807, 2.05) is 13.8 Å². The van der Waals surface area contributed by atoms with Crippen LogP contribution in [0.3, 0.4) is 0 Å². The molecule has 0 amide bonds. The molecule has 0 spiro atoms. The van der Waals surface area contributed by atoms with Crippen molar-refractivity contribution in [3.8, 4) is 0 Å². The Morgan fingerprint density at radius 3 is 2.69 bits per heavy atom. The number of hydrogen-bond acceptors (Lipinski definition) is 2. The van der Waals surface area contributed by atoms with Gasteiger partial charge < -0.3 is 10.1 Å². The van der Waals surface area contributed by atoms with Crippen LogP contribution in [0.25, 0.3) is 0 Å². The number of likely N-dealkylation sites (N-methyl/N-ethyl adjacent to an activating group) is 1. The molecule has 1 aromatic rings. The van der Waals surface area contributed by atoms with Crippen LogP contribution in [-0.4, -0.2) is 19.8 Å². The highest BCUT2D eigenvalue weighted by Gasteiger charge is 2.20. The molecule has 0 aliphatic rings. The van der Waals surface area contributed by atoms with Crippen molar-refractivity contribution in [2.24, 2.45) is 0 Å². The second-order valence-corrected chi connectivity index (χ2v) is 4.03. The highest BCUT2D eigenvalue weighted by atomic mass is 35.5. The smallest absolute Gasteiger partial charge is 0.129 e. The summed E-state index contributed by atoms with van der Waals surface area (Å²) < 4.78 is 19.2. The third-order valence-corrected chi connectivity index (χ3v) is 2.74. The molecule has 0 fully saturated rings. The van der Waals surface area contributed by atoms with Gasteiger partial charge in [0.2, 0.25) is 0 Å². The minimum atomic E-state index is -0.307. The Bertz CT molecular complexity index is 346. The molecule has 0 saturated heterocycles. The van der Waals surface area contributed by atoms with Gasteiger partial charge in [0.15, 0.2) is 0 Å². The summed E-state index contributed by atoms with van der Waals surface area (Å²) in [7, 11) is 1.79. The van der Waals surface area contributed by atoms with Crippen molar-refractivity contribution in [1.29, 1.82) is 0 Å². The fourth-order valence-corrected chi connectivity index (χ4v) is 1.91. The predicted octanol–water partition coefficient (Wildman–Crippen LogP) is 3.16. The zero-order chi connectivity index (χ0) is 12.1. The van der Waals surface area contributed by atoms with Crippen LogP contribution in [0.15, 0.2) is 18.2 Å². The van der Waals surface area contributed by atoms with Gasteiger partial charge in [-0.3, -0.25) is 0 Å². The number of hydrogen-bond donors (Lipinski definition) is 1. The maximum absolute atomic E-state index is 13.7. The zero-order valence-corrected chi connectivity index (χ0v) is 10.5. The molecule has 90 valence electrons. The van der Waals surface area contributed by atoms with Gasteiger partial charge in [0, 0.05) is 17.2 Å². The van der Waals surface area contributed by atoms with Crippen LogP contribution in [0.2, 0.25) is 5.02 Å². The lowest BCUT2D eigenvalue weighted by Crippen LogP contribution is -2.30. The number of benzene rings is 1. The summed E-state index contributed by atoms with van der Waals surface area (Å²) in [4.78, 5) is 0. The van der Waals surface area contributed by atoms with Gasteiger partial charge in [-0.1, -0.05) is 17.7 Å². The van der Waals surface area contributed by atoms with Crippen LogP contribution in [0.1, 0.15) is 25.5 Å². The van der Waals surface area contributed by atoms with Crippen molar-refractivity contribution in [1.82, 2.24) is 5.32 Å². The van der Waals surface area contributed by atoms with Crippen LogP contribution in [-0.2, 0) is 4.74 Å². The third kappa shape index (κ3) is 3.17. The van der Waals surface area contributed by atoms with Gasteiger partial charge in [-0.25, -0.2) is 4.39 Å². The second kappa shape index (κ2) is 6.18. The van der Waals surface area contributed by atoms with Gasteiger partial charge in [0.25, 0.3) is 0 Å². The maximum Gasteiger partial charge on any atom is 0.129 e. The second-order valence-electron chi connectivity index (χ2n) is 3.59. The molecular formula is C12H17ClFNO. The first-order valence-electron chi connectivity index (χ1n) is 5.34. The summed E-state index contributed by atoms with van der Waals surface area (Å²) in [5.41, 5.74) is 0.577. The molecule has 0 aliphatic carbocycles. The Balaban J connectivity index is 2.94. The number of rotatable bonds is 5. The molecule has 2 unspecified atom stereocenters. The monoisotopic (exact) mass is 245 g/mol. The highest BCUT2D eigenvalue weighted by molar-refractivity contribution is 6.30. The van der Waals surface area contributed by atoms with Crippen LogP contribution in [0.5, 0.6) is 0 Å². The van der Waals surface area contributed by atoms with Crippen LogP contribution in [0, 0.1) is 5.82 Å². The van der Waals surface area contributed by atoms with E-state index < -0.39 is 0 Å². The van der Waals surface area contributed by atoms with Crippen LogP contribution >= 0.6 is 11.6 Å². The Morgan fingerprint density at radius 2 is 2.19 bits per heavy atom. The SMILES string of the molecule is CCOC(C)C(NC)c1ccc(Cl)cc1F. The Morgan fingerprint density at radius 1 is 1.50 bits per heavy atom. The molecule has 2 nitrogen and oxygen atoms in total. The minimum Gasteiger partial charge on any atom is -0.377 e. The van der Waals surface area contributed by atoms with Crippen molar-refractivity contribution < 1.29 is 9.13 Å². The van der Waals surface area contributed by atoms with Gasteiger partial charge in [0.1, 0.15) is 5.82 Å². The van der Waals surface area contributed by atoms with Crippen molar-refractivity contribution in [3.05, 3.63) is 34.6 Å². The minimum absolute atomic E-state index is 0.0920. The van der Waals surface area contributed by atoms with E-state index >= 15 is 0 Å². The van der Waals surface area contributed by atoms with E-state index in [2.05, 4.69) is 5.32 Å². The lowest BCUT2D eigenvalue weighted by atomic mass is 10.0. The molecule has 4 heteroatoms. The summed E-state index contributed by atoms with van der Waals surface area (Å²) in [5, 5.41) is 3.46. The van der Waals surface area contributed by atoms with E-state index in [4.69, 9.17) is 16.3 Å². The van der Waals surface area contributed by atoms with E-state index in [0.29, 0.717) is 17.2 Å². The van der Waals surface area contributed by atoms with Crippen molar-refractivity contribution >= 4 is 11.6 Å². The molecule has 0 aliphatic heterocycles. The standard InChI is InChI=1S/C12H17ClFNO/c1-4-16-8(2)12(15-3)10-6-5-9(13)7-11(10)14/h5-8,12,15H,4H2,1-3H3. The van der Waals surface area contributed by atoms with E-state index in [0.717, 1.165) is 0 Å². The average molecular weight is 246 g/mol. The van der Waals surface area contributed by atoms with Gasteiger partial charge in [-0.2, -0.15) is 0 Å². The molecule has 16 heavy (non-hydrogen) atoms. The van der Waals surface area contributed by atoms with Crippen LogP contribution < -0.4 is 5.32 Å². The fraction of sp³-hybridized carbons (Fsp3) is 0.500. The fourth-order valence-electron chi connectivity index (χ4n) is 1.76. The molecular weight excluding hydrogens is 229 g/mol. The largest absolute Gasteiger partial charge is 0.377 e. The number of nitrogens with one attached hydrogen (secondary N) is 1. The topological polar surface area (TPSA) is 21.3 Å². The Labute approximate surface area is 101 Å². The molecule has 0 aromatic heterocycles. The average Bonchev–Trinajstić information content (AvgIpc) is 2.22. The van der Waals surface area contributed by atoms with E-state index in [-0.39, 0.29) is 18.0 Å². The maximum atomic E-state index is 13.7. The zero-order valence-electron chi connectivity index (χ0n) is 9.76. The van der Waals surface area contributed by atoms with E-state index in [1.54, 1.807) is 19.2 Å². The molecule has 0 saturated carbocycles. The highest BCUT2D eigenvalue weighted by Crippen LogP contribution is 2.24. The molecule has 0 bridgehead atoms. The van der Waals surface area contributed by atoms with Gasteiger partial charge in [-0.05, 0) is 33.0 Å². The first-order chi connectivity index (χ1) is 7.60. The summed E-state index contributed by atoms with van der Waals surface area (Å²) in [5.74, 6) is -0.307. The Kier molecular flexibility index (Phi) is 5.19. The summed E-state index contributed by atoms with van der Waals surface area (Å²) in [6.07, 6.45) is -0.0920. The lowest BCUT2D eigenvalue weighted by molar-refractivity contribution is 0.0484. The number of halogens is 2.